The van der Waals surface area contributed by atoms with Crippen molar-refractivity contribution in [1.29, 1.82) is 0 Å². The van der Waals surface area contributed by atoms with Crippen molar-refractivity contribution in [2.24, 2.45) is 0 Å². The van der Waals surface area contributed by atoms with E-state index in [0.29, 0.717) is 12.7 Å². The van der Waals surface area contributed by atoms with Crippen LogP contribution in [0.2, 0.25) is 0 Å². The Morgan fingerprint density at radius 2 is 2.17 bits per heavy atom. The summed E-state index contributed by atoms with van der Waals surface area (Å²) < 4.78 is 12.3. The van der Waals surface area contributed by atoms with Crippen LogP contribution in [-0.2, 0) is 22.6 Å². The van der Waals surface area contributed by atoms with Gasteiger partial charge in [0, 0.05) is 49.9 Å². The summed E-state index contributed by atoms with van der Waals surface area (Å²) in [6.45, 7) is 6.78. The molecule has 0 aliphatic carbocycles. The smallest absolute Gasteiger partial charge is 0.0959 e. The van der Waals surface area contributed by atoms with Crippen molar-refractivity contribution < 1.29 is 9.47 Å². The molecule has 2 aliphatic rings. The second-order valence-electron chi connectivity index (χ2n) is 6.98. The summed E-state index contributed by atoms with van der Waals surface area (Å²) in [5, 5.41) is 2.18. The van der Waals surface area contributed by atoms with Gasteiger partial charge in [-0.05, 0) is 48.1 Å². The fourth-order valence-corrected chi connectivity index (χ4v) is 4.64. The normalized spacial score (nSPS) is 23.3. The molecular formula is C19H24N2O2S. The second kappa shape index (κ2) is 6.92. The van der Waals surface area contributed by atoms with Crippen molar-refractivity contribution in [2.75, 3.05) is 19.7 Å². The van der Waals surface area contributed by atoms with Crippen molar-refractivity contribution in [3.8, 4) is 0 Å². The number of pyridine rings is 1. The highest BCUT2D eigenvalue weighted by molar-refractivity contribution is 7.10. The molecule has 1 atom stereocenters. The van der Waals surface area contributed by atoms with Gasteiger partial charge in [0.05, 0.1) is 18.3 Å². The third-order valence-corrected chi connectivity index (χ3v) is 6.05. The van der Waals surface area contributed by atoms with Crippen molar-refractivity contribution in [1.82, 2.24) is 9.88 Å². The van der Waals surface area contributed by atoms with Gasteiger partial charge < -0.3 is 9.47 Å². The Bertz CT molecular complexity index is 667. The van der Waals surface area contributed by atoms with Crippen LogP contribution in [0.5, 0.6) is 0 Å². The van der Waals surface area contributed by atoms with Gasteiger partial charge in [-0.1, -0.05) is 0 Å². The summed E-state index contributed by atoms with van der Waals surface area (Å²) in [6.07, 6.45) is 5.95. The van der Waals surface area contributed by atoms with E-state index in [4.69, 9.17) is 9.47 Å². The van der Waals surface area contributed by atoms with E-state index in [1.807, 2.05) is 35.9 Å². The highest BCUT2D eigenvalue weighted by Crippen LogP contribution is 2.37. The van der Waals surface area contributed by atoms with Gasteiger partial charge in [-0.25, -0.2) is 0 Å². The maximum atomic E-state index is 6.14. The summed E-state index contributed by atoms with van der Waals surface area (Å²) in [5.41, 5.74) is 2.62. The van der Waals surface area contributed by atoms with E-state index >= 15 is 0 Å². The van der Waals surface area contributed by atoms with Gasteiger partial charge in [0.15, 0.2) is 0 Å². The molecule has 2 aromatic heterocycles. The maximum Gasteiger partial charge on any atom is 0.0959 e. The van der Waals surface area contributed by atoms with Gasteiger partial charge in [0.25, 0.3) is 0 Å². The molecule has 0 bridgehead atoms. The number of aromatic nitrogens is 1. The maximum absolute atomic E-state index is 6.14. The molecule has 2 aromatic rings. The highest BCUT2D eigenvalue weighted by Gasteiger charge is 2.47. The Morgan fingerprint density at radius 3 is 2.92 bits per heavy atom. The Labute approximate surface area is 147 Å². The van der Waals surface area contributed by atoms with E-state index in [9.17, 15) is 0 Å². The minimum absolute atomic E-state index is 0.0202. The molecule has 5 heteroatoms. The van der Waals surface area contributed by atoms with Crippen LogP contribution in [0.1, 0.15) is 28.8 Å². The van der Waals surface area contributed by atoms with E-state index in [-0.39, 0.29) is 5.60 Å². The molecule has 4 rings (SSSR count). The third kappa shape index (κ3) is 3.54. The van der Waals surface area contributed by atoms with Gasteiger partial charge in [-0.3, -0.25) is 9.88 Å². The molecule has 0 N–H and O–H groups in total. The summed E-state index contributed by atoms with van der Waals surface area (Å²) in [4.78, 5) is 8.02. The first-order chi connectivity index (χ1) is 11.7. The number of thiophene rings is 1. The molecule has 0 unspecified atom stereocenters. The number of rotatable bonds is 5. The molecule has 128 valence electrons. The number of nitrogens with zero attached hydrogens (tertiary/aromatic N) is 2. The molecule has 0 radical (unpaired) electrons. The molecule has 0 amide bonds. The highest BCUT2D eigenvalue weighted by atomic mass is 32.1. The van der Waals surface area contributed by atoms with Crippen LogP contribution in [0, 0.1) is 6.92 Å². The summed E-state index contributed by atoms with van der Waals surface area (Å²) in [6, 6.07) is 6.24. The van der Waals surface area contributed by atoms with Crippen molar-refractivity contribution >= 4 is 11.3 Å². The quantitative estimate of drug-likeness (QED) is 0.833. The van der Waals surface area contributed by atoms with Gasteiger partial charge in [0.2, 0.25) is 0 Å². The van der Waals surface area contributed by atoms with Crippen LogP contribution in [0.15, 0.2) is 36.0 Å². The average Bonchev–Trinajstić information content (AvgIpc) is 2.98. The molecule has 2 saturated heterocycles. The standard InChI is InChI=1S/C19H24N2O2S/c1-15-5-9-24-18(15)11-21-13-19(14-21)10-17(4-8-23-19)22-12-16-2-6-20-7-3-16/h2-3,5-7,9,17H,4,8,10-14H2,1H3/t17-/m0/s1. The van der Waals surface area contributed by atoms with Crippen molar-refractivity contribution in [3.63, 3.8) is 0 Å². The van der Waals surface area contributed by atoms with Crippen LogP contribution < -0.4 is 0 Å². The van der Waals surface area contributed by atoms with Gasteiger partial charge >= 0.3 is 0 Å². The van der Waals surface area contributed by atoms with Crippen molar-refractivity contribution in [2.45, 2.75) is 44.6 Å². The van der Waals surface area contributed by atoms with E-state index in [0.717, 1.165) is 39.1 Å². The van der Waals surface area contributed by atoms with E-state index < -0.39 is 0 Å². The number of ether oxygens (including phenoxy) is 2. The first-order valence-electron chi connectivity index (χ1n) is 8.62. The van der Waals surface area contributed by atoms with Crippen LogP contribution in [-0.4, -0.2) is 41.3 Å². The third-order valence-electron chi connectivity index (χ3n) is 5.04. The zero-order valence-corrected chi connectivity index (χ0v) is 14.9. The first kappa shape index (κ1) is 16.2. The SMILES string of the molecule is Cc1ccsc1CN1CC2(C[C@@H](OCc3ccncc3)CCO2)C1. The lowest BCUT2D eigenvalue weighted by Gasteiger charge is -2.53. The minimum atomic E-state index is 0.0202. The lowest BCUT2D eigenvalue weighted by Crippen LogP contribution is -2.65. The number of hydrogen-bond acceptors (Lipinski definition) is 5. The number of aryl methyl sites for hydroxylation is 1. The van der Waals surface area contributed by atoms with Crippen LogP contribution >= 0.6 is 11.3 Å². The number of likely N-dealkylation sites (tertiary alicyclic amines) is 1. The Balaban J connectivity index is 1.27. The molecule has 1 spiro atoms. The molecule has 0 aromatic carbocycles. The van der Waals surface area contributed by atoms with Crippen molar-refractivity contribution in [3.05, 3.63) is 52.0 Å². The van der Waals surface area contributed by atoms with Gasteiger partial charge in [-0.2, -0.15) is 0 Å². The Hall–Kier alpha value is -1.27. The second-order valence-corrected chi connectivity index (χ2v) is 7.99. The lowest BCUT2D eigenvalue weighted by molar-refractivity contribution is -0.200. The lowest BCUT2D eigenvalue weighted by atomic mass is 9.84. The first-order valence-corrected chi connectivity index (χ1v) is 9.50. The van der Waals surface area contributed by atoms with Gasteiger partial charge in [0.1, 0.15) is 0 Å². The molecule has 4 heterocycles. The Morgan fingerprint density at radius 1 is 1.33 bits per heavy atom. The monoisotopic (exact) mass is 344 g/mol. The van der Waals surface area contributed by atoms with E-state index in [1.54, 1.807) is 0 Å². The number of hydrogen-bond donors (Lipinski definition) is 0. The fourth-order valence-electron chi connectivity index (χ4n) is 3.69. The topological polar surface area (TPSA) is 34.6 Å². The minimum Gasteiger partial charge on any atom is -0.373 e. The van der Waals surface area contributed by atoms with E-state index in [1.165, 1.54) is 16.0 Å². The van der Waals surface area contributed by atoms with Crippen LogP contribution in [0.4, 0.5) is 0 Å². The van der Waals surface area contributed by atoms with E-state index in [2.05, 4.69) is 28.3 Å². The molecule has 0 saturated carbocycles. The zero-order valence-electron chi connectivity index (χ0n) is 14.1. The predicted molar refractivity (Wildman–Crippen MR) is 95.1 cm³/mol. The molecule has 4 nitrogen and oxygen atoms in total. The van der Waals surface area contributed by atoms with Crippen LogP contribution in [0.25, 0.3) is 0 Å². The molecule has 24 heavy (non-hydrogen) atoms. The zero-order chi connectivity index (χ0) is 16.4. The van der Waals surface area contributed by atoms with Crippen LogP contribution in [0.3, 0.4) is 0 Å². The summed E-state index contributed by atoms with van der Waals surface area (Å²) in [5.74, 6) is 0. The molecule has 2 aliphatic heterocycles. The predicted octanol–water partition coefficient (Wildman–Crippen LogP) is 3.40. The summed E-state index contributed by atoms with van der Waals surface area (Å²) in [7, 11) is 0. The largest absolute Gasteiger partial charge is 0.373 e. The van der Waals surface area contributed by atoms with Gasteiger partial charge in [-0.15, -0.1) is 11.3 Å². The molecular weight excluding hydrogens is 320 g/mol. The fraction of sp³-hybridized carbons (Fsp3) is 0.526. The Kier molecular flexibility index (Phi) is 4.68. The molecule has 2 fully saturated rings. The average molecular weight is 344 g/mol. The summed E-state index contributed by atoms with van der Waals surface area (Å²) >= 11 is 1.86.